The Kier molecular flexibility index (Phi) is 4.77. The molecule has 6 heteroatoms. The van der Waals surface area contributed by atoms with Gasteiger partial charge in [0.05, 0.1) is 30.6 Å². The fraction of sp³-hybridized carbons (Fsp3) is 0.333. The van der Waals surface area contributed by atoms with Gasteiger partial charge in [0.25, 0.3) is 0 Å². The summed E-state index contributed by atoms with van der Waals surface area (Å²) in [6, 6.07) is 5.41. The molecule has 3 N–H and O–H groups in total. The van der Waals surface area contributed by atoms with Crippen molar-refractivity contribution in [3.8, 4) is 10.7 Å². The molecule has 0 saturated heterocycles. The molecule has 0 unspecified atom stereocenters. The maximum Gasteiger partial charge on any atom is 0.142 e. The summed E-state index contributed by atoms with van der Waals surface area (Å²) in [5, 5.41) is 23.7. The maximum atomic E-state index is 8.94. The van der Waals surface area contributed by atoms with E-state index in [1.165, 1.54) is 11.3 Å². The number of hydrogen-bond acceptors (Lipinski definition) is 6. The van der Waals surface area contributed by atoms with Crippen LogP contribution >= 0.6 is 11.3 Å². The second-order valence-electron chi connectivity index (χ2n) is 3.80. The minimum atomic E-state index is -0.301. The molecule has 0 aliphatic rings. The normalized spacial score (nSPS) is 11.1. The number of thiazole rings is 1. The molecule has 2 aromatic rings. The van der Waals surface area contributed by atoms with Gasteiger partial charge in [-0.3, -0.25) is 4.98 Å². The smallest absolute Gasteiger partial charge is 0.142 e. The minimum Gasteiger partial charge on any atom is -0.395 e. The first-order valence-electron chi connectivity index (χ1n) is 5.64. The van der Waals surface area contributed by atoms with Crippen LogP contribution in [-0.2, 0) is 6.54 Å². The highest BCUT2D eigenvalue weighted by atomic mass is 32.1. The summed E-state index contributed by atoms with van der Waals surface area (Å²) < 4.78 is 0. The molecular weight excluding hydrogens is 250 g/mol. The van der Waals surface area contributed by atoms with Gasteiger partial charge in [0.15, 0.2) is 0 Å². The Balaban J connectivity index is 1.98. The molecule has 96 valence electrons. The van der Waals surface area contributed by atoms with Crippen LogP contribution in [0.4, 0.5) is 0 Å². The fourth-order valence-corrected chi connectivity index (χ4v) is 2.23. The molecule has 5 nitrogen and oxygen atoms in total. The Labute approximate surface area is 109 Å². The molecule has 18 heavy (non-hydrogen) atoms. The average Bonchev–Trinajstić information content (AvgIpc) is 2.90. The number of aromatic nitrogens is 2. The fourth-order valence-electron chi connectivity index (χ4n) is 1.43. The summed E-state index contributed by atoms with van der Waals surface area (Å²) >= 11 is 1.53. The molecule has 2 heterocycles. The van der Waals surface area contributed by atoms with E-state index in [0.29, 0.717) is 6.54 Å². The lowest BCUT2D eigenvalue weighted by Gasteiger charge is -2.11. The second kappa shape index (κ2) is 6.55. The lowest BCUT2D eigenvalue weighted by atomic mass is 10.3. The van der Waals surface area contributed by atoms with Gasteiger partial charge in [-0.1, -0.05) is 6.07 Å². The molecule has 0 amide bonds. The monoisotopic (exact) mass is 265 g/mol. The zero-order valence-electron chi connectivity index (χ0n) is 9.78. The number of nitrogens with zero attached hydrogens (tertiary/aromatic N) is 2. The molecular formula is C12H15N3O2S. The van der Waals surface area contributed by atoms with Crippen LogP contribution in [0.25, 0.3) is 10.7 Å². The van der Waals surface area contributed by atoms with Crippen molar-refractivity contribution in [1.82, 2.24) is 15.3 Å². The van der Waals surface area contributed by atoms with Crippen molar-refractivity contribution in [2.45, 2.75) is 12.6 Å². The third-order valence-electron chi connectivity index (χ3n) is 2.45. The Morgan fingerprint density at radius 2 is 2.11 bits per heavy atom. The van der Waals surface area contributed by atoms with Crippen molar-refractivity contribution in [1.29, 1.82) is 0 Å². The largest absolute Gasteiger partial charge is 0.395 e. The van der Waals surface area contributed by atoms with E-state index in [1.54, 1.807) is 6.20 Å². The molecule has 0 saturated carbocycles. The summed E-state index contributed by atoms with van der Waals surface area (Å²) in [4.78, 5) is 8.69. The molecule has 0 aliphatic heterocycles. The van der Waals surface area contributed by atoms with Gasteiger partial charge in [0.1, 0.15) is 5.01 Å². The van der Waals surface area contributed by atoms with Crippen molar-refractivity contribution in [3.63, 3.8) is 0 Å². The van der Waals surface area contributed by atoms with Crippen LogP contribution in [0.15, 0.2) is 29.8 Å². The Morgan fingerprint density at radius 3 is 2.78 bits per heavy atom. The van der Waals surface area contributed by atoms with Crippen molar-refractivity contribution < 1.29 is 10.2 Å². The third-order valence-corrected chi connectivity index (χ3v) is 3.36. The van der Waals surface area contributed by atoms with Crippen LogP contribution in [0.3, 0.4) is 0 Å². The van der Waals surface area contributed by atoms with E-state index in [1.807, 2.05) is 23.6 Å². The van der Waals surface area contributed by atoms with E-state index in [2.05, 4.69) is 15.3 Å². The molecule has 0 bridgehead atoms. The lowest BCUT2D eigenvalue weighted by molar-refractivity contribution is 0.170. The highest BCUT2D eigenvalue weighted by Crippen LogP contribution is 2.21. The first kappa shape index (κ1) is 13.1. The number of nitrogens with one attached hydrogen (secondary N) is 1. The van der Waals surface area contributed by atoms with Crippen LogP contribution in [-0.4, -0.2) is 39.4 Å². The number of rotatable bonds is 6. The number of hydrogen-bond donors (Lipinski definition) is 3. The summed E-state index contributed by atoms with van der Waals surface area (Å²) in [5.41, 5.74) is 1.74. The van der Waals surface area contributed by atoms with E-state index in [9.17, 15) is 0 Å². The summed E-state index contributed by atoms with van der Waals surface area (Å²) in [7, 11) is 0. The summed E-state index contributed by atoms with van der Waals surface area (Å²) in [6.45, 7) is 0.344. The van der Waals surface area contributed by atoms with Gasteiger partial charge in [-0.2, -0.15) is 0 Å². The van der Waals surface area contributed by atoms with Gasteiger partial charge in [0.2, 0.25) is 0 Å². The SMILES string of the molecule is OCC(CO)NCc1csc(-c2ccccn2)n1. The molecule has 0 fully saturated rings. The van der Waals surface area contributed by atoms with Crippen molar-refractivity contribution in [2.75, 3.05) is 13.2 Å². The molecule has 2 aromatic heterocycles. The van der Waals surface area contributed by atoms with E-state index in [4.69, 9.17) is 10.2 Å². The van der Waals surface area contributed by atoms with Crippen molar-refractivity contribution >= 4 is 11.3 Å². The molecule has 0 aliphatic carbocycles. The van der Waals surface area contributed by atoms with E-state index < -0.39 is 0 Å². The van der Waals surface area contributed by atoms with E-state index in [0.717, 1.165) is 16.4 Å². The standard InChI is InChI=1S/C12H15N3O2S/c16-6-10(7-17)14-5-9-8-18-12(15-9)11-3-1-2-4-13-11/h1-4,8,10,14,16-17H,5-7H2. The quantitative estimate of drug-likeness (QED) is 0.714. The Bertz CT molecular complexity index is 471. The number of pyridine rings is 1. The van der Waals surface area contributed by atoms with Gasteiger partial charge < -0.3 is 15.5 Å². The van der Waals surface area contributed by atoms with Gasteiger partial charge >= 0.3 is 0 Å². The molecule has 0 radical (unpaired) electrons. The average molecular weight is 265 g/mol. The van der Waals surface area contributed by atoms with Crippen LogP contribution in [0.1, 0.15) is 5.69 Å². The second-order valence-corrected chi connectivity index (χ2v) is 4.66. The van der Waals surface area contributed by atoms with Gasteiger partial charge in [-0.15, -0.1) is 11.3 Å². The van der Waals surface area contributed by atoms with Crippen LogP contribution in [0.2, 0.25) is 0 Å². The predicted molar refractivity (Wildman–Crippen MR) is 70.1 cm³/mol. The number of aliphatic hydroxyl groups excluding tert-OH is 2. The highest BCUT2D eigenvalue weighted by Gasteiger charge is 2.08. The highest BCUT2D eigenvalue weighted by molar-refractivity contribution is 7.13. The minimum absolute atomic E-state index is 0.0895. The molecule has 0 atom stereocenters. The Morgan fingerprint density at radius 1 is 1.28 bits per heavy atom. The third kappa shape index (κ3) is 3.33. The maximum absolute atomic E-state index is 8.94. The molecule has 2 rings (SSSR count). The summed E-state index contributed by atoms with van der Waals surface area (Å²) in [6.07, 6.45) is 1.74. The van der Waals surface area contributed by atoms with E-state index in [-0.39, 0.29) is 19.3 Å². The molecule has 0 aromatic carbocycles. The Hall–Kier alpha value is -1.34. The van der Waals surface area contributed by atoms with Gasteiger partial charge in [0, 0.05) is 18.1 Å². The van der Waals surface area contributed by atoms with Gasteiger partial charge in [-0.25, -0.2) is 4.98 Å². The van der Waals surface area contributed by atoms with Crippen molar-refractivity contribution in [3.05, 3.63) is 35.5 Å². The zero-order valence-corrected chi connectivity index (χ0v) is 10.6. The number of aliphatic hydroxyl groups is 2. The van der Waals surface area contributed by atoms with Crippen LogP contribution in [0.5, 0.6) is 0 Å². The summed E-state index contributed by atoms with van der Waals surface area (Å²) in [5.74, 6) is 0. The van der Waals surface area contributed by atoms with Crippen LogP contribution < -0.4 is 5.32 Å². The van der Waals surface area contributed by atoms with Gasteiger partial charge in [-0.05, 0) is 12.1 Å². The first-order chi connectivity index (χ1) is 8.83. The lowest BCUT2D eigenvalue weighted by Crippen LogP contribution is -2.35. The molecule has 0 spiro atoms. The topological polar surface area (TPSA) is 78.3 Å². The van der Waals surface area contributed by atoms with Crippen molar-refractivity contribution in [2.24, 2.45) is 0 Å². The first-order valence-corrected chi connectivity index (χ1v) is 6.52. The zero-order chi connectivity index (χ0) is 12.8. The predicted octanol–water partition coefficient (Wildman–Crippen LogP) is 0.648. The van der Waals surface area contributed by atoms with Crippen LogP contribution in [0, 0.1) is 0 Å². The van der Waals surface area contributed by atoms with E-state index >= 15 is 0 Å².